The topological polar surface area (TPSA) is 91.2 Å². The molecule has 0 amide bonds. The van der Waals surface area contributed by atoms with Crippen LogP contribution in [0.15, 0.2) is 76.4 Å². The quantitative estimate of drug-likeness (QED) is 0.0675. The summed E-state index contributed by atoms with van der Waals surface area (Å²) < 4.78 is 46.8. The summed E-state index contributed by atoms with van der Waals surface area (Å²) in [6, 6.07) is 18.3. The summed E-state index contributed by atoms with van der Waals surface area (Å²) in [5, 5.41) is 8.37. The van der Waals surface area contributed by atoms with Crippen molar-refractivity contribution in [3.05, 3.63) is 98.8 Å². The number of fused-ring (bicyclic) bond motifs is 1. The normalized spacial score (nSPS) is 18.4. The van der Waals surface area contributed by atoms with E-state index in [4.69, 9.17) is 16.3 Å². The van der Waals surface area contributed by atoms with Crippen LogP contribution in [0.5, 0.6) is 0 Å². The number of nitrogens with zero attached hydrogens (tertiary/aromatic N) is 3. The molecule has 0 bridgehead atoms. The van der Waals surface area contributed by atoms with Crippen molar-refractivity contribution < 1.29 is 27.5 Å². The first-order chi connectivity index (χ1) is 22.2. The number of rotatable bonds is 11. The Morgan fingerprint density at radius 3 is 2.47 bits per heavy atom. The number of esters is 1. The minimum Gasteiger partial charge on any atom is -0.466 e. The van der Waals surface area contributed by atoms with Crippen molar-refractivity contribution in [2.24, 2.45) is 17.8 Å². The Balaban J connectivity index is 1.36. The lowest BCUT2D eigenvalue weighted by Gasteiger charge is -2.24. The molecular weight excluding hydrogens is 667 g/mol. The molecule has 3 atom stereocenters. The number of hydrogen-bond acceptors (Lipinski definition) is 7. The lowest BCUT2D eigenvalue weighted by atomic mass is 9.84. The van der Waals surface area contributed by atoms with Gasteiger partial charge in [0.25, 0.3) is 5.56 Å². The van der Waals surface area contributed by atoms with Crippen LogP contribution in [-0.4, -0.2) is 41.4 Å². The average molecular weight is 702 g/mol. The second-order valence-corrected chi connectivity index (χ2v) is 20.2. The van der Waals surface area contributed by atoms with Crippen LogP contribution in [0.4, 0.5) is 13.2 Å². The number of alkyl halides is 3. The van der Waals surface area contributed by atoms with Gasteiger partial charge in [-0.1, -0.05) is 60.7 Å². The van der Waals surface area contributed by atoms with Gasteiger partial charge in [0.2, 0.25) is 0 Å². The van der Waals surface area contributed by atoms with Gasteiger partial charge in [-0.2, -0.15) is 13.2 Å². The van der Waals surface area contributed by atoms with E-state index in [-0.39, 0.29) is 29.8 Å². The molecule has 1 heterocycles. The van der Waals surface area contributed by atoms with Crippen molar-refractivity contribution in [1.82, 2.24) is 15.0 Å². The van der Waals surface area contributed by atoms with Crippen LogP contribution in [0, 0.1) is 17.8 Å². The highest BCUT2D eigenvalue weighted by Crippen LogP contribution is 2.41. The molecule has 5 rings (SSSR count). The Bertz CT molecular complexity index is 1830. The predicted molar refractivity (Wildman–Crippen MR) is 179 cm³/mol. The summed E-state index contributed by atoms with van der Waals surface area (Å²) in [4.78, 5) is 41.7. The molecule has 1 saturated carbocycles. The van der Waals surface area contributed by atoms with E-state index in [0.29, 0.717) is 29.2 Å². The summed E-state index contributed by atoms with van der Waals surface area (Å²) in [7, 11) is -1.52. The average Bonchev–Trinajstić information content (AvgIpc) is 3.43. The maximum Gasteiger partial charge on any atom is 0.416 e. The van der Waals surface area contributed by atoms with Gasteiger partial charge in [0.05, 0.1) is 30.0 Å². The van der Waals surface area contributed by atoms with E-state index in [2.05, 4.69) is 30.0 Å². The minimum atomic E-state index is -4.63. The molecule has 3 aromatic carbocycles. The summed E-state index contributed by atoms with van der Waals surface area (Å²) in [6.07, 6.45) is -3.82. The fourth-order valence-electron chi connectivity index (χ4n) is 5.81. The molecule has 47 heavy (non-hydrogen) atoms. The van der Waals surface area contributed by atoms with Crippen LogP contribution in [0.3, 0.4) is 0 Å². The van der Waals surface area contributed by atoms with Crippen LogP contribution in [0.1, 0.15) is 34.3 Å². The molecule has 0 radical (unpaired) electrons. The molecule has 1 aliphatic carbocycles. The fraction of sp³-hybridized carbons (Fsp3) is 0.382. The van der Waals surface area contributed by atoms with Crippen LogP contribution in [0.2, 0.25) is 30.7 Å². The number of aromatic nitrogens is 3. The second-order valence-electron chi connectivity index (χ2n) is 13.1. The van der Waals surface area contributed by atoms with Gasteiger partial charge in [-0.15, -0.1) is 16.9 Å². The molecule has 13 heteroatoms. The highest BCUT2D eigenvalue weighted by molar-refractivity contribution is 7.98. The molecule has 1 aromatic heterocycles. The summed E-state index contributed by atoms with van der Waals surface area (Å²) in [5.74, 6) is -2.06. The van der Waals surface area contributed by atoms with Crippen molar-refractivity contribution in [2.75, 3.05) is 6.61 Å². The molecule has 1 fully saturated rings. The van der Waals surface area contributed by atoms with E-state index in [0.717, 1.165) is 39.4 Å². The summed E-state index contributed by atoms with van der Waals surface area (Å²) in [5.41, 5.74) is -0.134. The zero-order valence-electron chi connectivity index (χ0n) is 26.2. The lowest BCUT2D eigenvalue weighted by Crippen LogP contribution is -2.36. The Morgan fingerprint density at radius 2 is 1.79 bits per heavy atom. The van der Waals surface area contributed by atoms with Crippen LogP contribution in [0.25, 0.3) is 10.9 Å². The standard InChI is InChI=1S/C34H35ClF3N3O4SSi/c1-47(2,3)16-15-45-33(44)30-23(19-41-32(43)28-18-24(34(36,37)38)10-14-29(28)39-40-41)9-13-27(30)31(42)22-7-11-26(12-8-22)46-20-21-5-4-6-25(35)17-21/h4-8,10-12,14,17-18,23,27,30H,9,13,15-16,19-20H2,1-3H3. The fourth-order valence-corrected chi connectivity index (χ4v) is 7.58. The third-order valence-corrected chi connectivity index (χ3v) is 11.4. The molecular formula is C34H35ClF3N3O4SSi. The van der Waals surface area contributed by atoms with E-state index < -0.39 is 49.1 Å². The number of carbonyl (C=O) groups excluding carboxylic acids is 2. The van der Waals surface area contributed by atoms with Gasteiger partial charge in [0.15, 0.2) is 5.78 Å². The van der Waals surface area contributed by atoms with E-state index in [9.17, 15) is 27.6 Å². The largest absolute Gasteiger partial charge is 0.466 e. The number of benzene rings is 3. The van der Waals surface area contributed by atoms with Gasteiger partial charge in [-0.25, -0.2) is 4.68 Å². The Hall–Kier alpha value is -3.48. The van der Waals surface area contributed by atoms with Crippen molar-refractivity contribution in [2.45, 2.75) is 61.9 Å². The van der Waals surface area contributed by atoms with E-state index in [1.54, 1.807) is 23.9 Å². The highest BCUT2D eigenvalue weighted by atomic mass is 35.5. The van der Waals surface area contributed by atoms with E-state index >= 15 is 0 Å². The molecule has 0 N–H and O–H groups in total. The van der Waals surface area contributed by atoms with Crippen molar-refractivity contribution in [3.8, 4) is 0 Å². The second kappa shape index (κ2) is 14.3. The van der Waals surface area contributed by atoms with Gasteiger partial charge in [0, 0.05) is 35.2 Å². The zero-order valence-corrected chi connectivity index (χ0v) is 28.8. The van der Waals surface area contributed by atoms with Crippen molar-refractivity contribution in [1.29, 1.82) is 0 Å². The molecule has 0 spiro atoms. The number of ketones is 1. The maximum absolute atomic E-state index is 13.9. The summed E-state index contributed by atoms with van der Waals surface area (Å²) in [6.45, 7) is 6.63. The lowest BCUT2D eigenvalue weighted by molar-refractivity contribution is -0.150. The molecule has 3 unspecified atom stereocenters. The van der Waals surface area contributed by atoms with Crippen molar-refractivity contribution in [3.63, 3.8) is 0 Å². The minimum absolute atomic E-state index is 0.0372. The van der Waals surface area contributed by atoms with Gasteiger partial charge in [0.1, 0.15) is 5.52 Å². The van der Waals surface area contributed by atoms with Gasteiger partial charge in [-0.3, -0.25) is 14.4 Å². The number of ether oxygens (including phenoxy) is 1. The molecule has 0 saturated heterocycles. The first-order valence-electron chi connectivity index (χ1n) is 15.3. The highest BCUT2D eigenvalue weighted by Gasteiger charge is 2.46. The number of Topliss-reactive ketones (excluding diaryl/α,β-unsaturated/α-hetero) is 1. The molecule has 7 nitrogen and oxygen atoms in total. The molecule has 248 valence electrons. The molecule has 0 aliphatic heterocycles. The maximum atomic E-state index is 13.9. The van der Waals surface area contributed by atoms with Gasteiger partial charge < -0.3 is 4.74 Å². The Morgan fingerprint density at radius 1 is 1.04 bits per heavy atom. The van der Waals surface area contributed by atoms with Crippen LogP contribution in [-0.2, 0) is 28.0 Å². The number of halogens is 4. The Kier molecular flexibility index (Phi) is 10.6. The number of thioether (sulfide) groups is 1. The van der Waals surface area contributed by atoms with E-state index in [1.165, 1.54) is 0 Å². The monoisotopic (exact) mass is 701 g/mol. The van der Waals surface area contributed by atoms with Crippen molar-refractivity contribution >= 4 is 54.1 Å². The van der Waals surface area contributed by atoms with Gasteiger partial charge >= 0.3 is 12.1 Å². The number of hydrogen-bond donors (Lipinski definition) is 0. The molecule has 4 aromatic rings. The SMILES string of the molecule is C[Si](C)(C)CCOC(=O)C1C(Cn2nnc3ccc(C(F)(F)F)cc3c2=O)CCC1C(=O)c1ccc(SCc2cccc(Cl)c2)cc1. The van der Waals surface area contributed by atoms with Crippen LogP contribution < -0.4 is 5.56 Å². The smallest absolute Gasteiger partial charge is 0.416 e. The Labute approximate surface area is 280 Å². The van der Waals surface area contributed by atoms with Crippen LogP contribution >= 0.6 is 23.4 Å². The van der Waals surface area contributed by atoms with Gasteiger partial charge in [-0.05, 0) is 72.8 Å². The first-order valence-corrected chi connectivity index (χ1v) is 20.4. The van der Waals surface area contributed by atoms with E-state index in [1.807, 2.05) is 36.4 Å². The summed E-state index contributed by atoms with van der Waals surface area (Å²) >= 11 is 7.70. The number of carbonyl (C=O) groups is 2. The first kappa shape index (κ1) is 34.8. The molecule has 1 aliphatic rings. The third-order valence-electron chi connectivity index (χ3n) is 8.39. The third kappa shape index (κ3) is 8.71. The predicted octanol–water partition coefficient (Wildman–Crippen LogP) is 8.16. The zero-order chi connectivity index (χ0) is 33.9.